The van der Waals surface area contributed by atoms with Gasteiger partial charge >= 0.3 is 0 Å². The summed E-state index contributed by atoms with van der Waals surface area (Å²) in [5.74, 6) is 0. The van der Waals surface area contributed by atoms with E-state index in [9.17, 15) is 0 Å². The third-order valence-corrected chi connectivity index (χ3v) is 3.92. The summed E-state index contributed by atoms with van der Waals surface area (Å²) in [6.07, 6.45) is 5.06. The van der Waals surface area contributed by atoms with E-state index in [0.29, 0.717) is 6.04 Å². The largest absolute Gasteiger partial charge is 0.379 e. The summed E-state index contributed by atoms with van der Waals surface area (Å²) in [6.45, 7) is 10.9. The van der Waals surface area contributed by atoms with E-state index in [1.54, 1.807) is 7.11 Å². The van der Waals surface area contributed by atoms with E-state index in [0.717, 1.165) is 25.0 Å². The molecule has 0 saturated heterocycles. The van der Waals surface area contributed by atoms with Crippen LogP contribution in [-0.4, -0.2) is 29.0 Å². The molecule has 4 nitrogen and oxygen atoms in total. The van der Waals surface area contributed by atoms with Gasteiger partial charge in [-0.05, 0) is 24.3 Å². The SMILES string of the molecule is CCC(CC)n1ccc(CC(N)C(OC)C(C)(C)C)n1. The van der Waals surface area contributed by atoms with Gasteiger partial charge in [-0.15, -0.1) is 0 Å². The molecule has 4 heteroatoms. The molecule has 0 aromatic carbocycles. The Labute approximate surface area is 123 Å². The second-order valence-electron chi connectivity index (χ2n) is 6.65. The van der Waals surface area contributed by atoms with Crippen LogP contribution in [0.4, 0.5) is 0 Å². The Bertz CT molecular complexity index is 391. The van der Waals surface area contributed by atoms with Crippen LogP contribution in [0.1, 0.15) is 59.2 Å². The Hall–Kier alpha value is -0.870. The zero-order valence-electron chi connectivity index (χ0n) is 13.9. The fourth-order valence-electron chi connectivity index (χ4n) is 2.87. The van der Waals surface area contributed by atoms with Crippen molar-refractivity contribution in [3.05, 3.63) is 18.0 Å². The molecule has 0 saturated carbocycles. The number of aromatic nitrogens is 2. The molecule has 2 unspecified atom stereocenters. The number of nitrogens with zero attached hydrogens (tertiary/aromatic N) is 2. The maximum Gasteiger partial charge on any atom is 0.0774 e. The first kappa shape index (κ1) is 17.2. The third kappa shape index (κ3) is 4.32. The molecule has 0 bridgehead atoms. The fourth-order valence-corrected chi connectivity index (χ4v) is 2.87. The smallest absolute Gasteiger partial charge is 0.0774 e. The van der Waals surface area contributed by atoms with Crippen LogP contribution in [0.3, 0.4) is 0 Å². The number of hydrogen-bond acceptors (Lipinski definition) is 3. The minimum absolute atomic E-state index is 0.0285. The van der Waals surface area contributed by atoms with Crippen molar-refractivity contribution in [1.82, 2.24) is 9.78 Å². The summed E-state index contributed by atoms with van der Waals surface area (Å²) >= 11 is 0. The molecular weight excluding hydrogens is 250 g/mol. The molecule has 0 aliphatic heterocycles. The van der Waals surface area contributed by atoms with Gasteiger partial charge in [-0.3, -0.25) is 4.68 Å². The molecule has 1 aromatic rings. The van der Waals surface area contributed by atoms with Gasteiger partial charge in [0.05, 0.1) is 17.8 Å². The van der Waals surface area contributed by atoms with Crippen molar-refractivity contribution in [3.8, 4) is 0 Å². The molecule has 0 amide bonds. The molecule has 2 N–H and O–H groups in total. The van der Waals surface area contributed by atoms with Crippen LogP contribution in [0, 0.1) is 5.41 Å². The average Bonchev–Trinajstić information content (AvgIpc) is 2.78. The molecule has 1 rings (SSSR count). The van der Waals surface area contributed by atoms with Crippen molar-refractivity contribution in [2.75, 3.05) is 7.11 Å². The number of rotatable bonds is 7. The van der Waals surface area contributed by atoms with Crippen LogP contribution in [0.25, 0.3) is 0 Å². The van der Waals surface area contributed by atoms with Crippen molar-refractivity contribution in [2.45, 2.75) is 72.1 Å². The molecule has 0 aliphatic rings. The van der Waals surface area contributed by atoms with E-state index in [2.05, 4.69) is 56.7 Å². The van der Waals surface area contributed by atoms with Crippen LogP contribution in [0.15, 0.2) is 12.3 Å². The molecule has 0 spiro atoms. The molecule has 2 atom stereocenters. The van der Waals surface area contributed by atoms with E-state index in [-0.39, 0.29) is 17.6 Å². The second kappa shape index (κ2) is 7.23. The van der Waals surface area contributed by atoms with Gasteiger partial charge in [-0.2, -0.15) is 5.10 Å². The van der Waals surface area contributed by atoms with Gasteiger partial charge in [-0.1, -0.05) is 34.6 Å². The van der Waals surface area contributed by atoms with Crippen molar-refractivity contribution in [1.29, 1.82) is 0 Å². The number of methoxy groups -OCH3 is 1. The molecule has 20 heavy (non-hydrogen) atoms. The van der Waals surface area contributed by atoms with Crippen LogP contribution in [-0.2, 0) is 11.2 Å². The van der Waals surface area contributed by atoms with Gasteiger partial charge in [0.2, 0.25) is 0 Å². The molecule has 1 aromatic heterocycles. The Morgan fingerprint density at radius 2 is 1.90 bits per heavy atom. The van der Waals surface area contributed by atoms with E-state index < -0.39 is 0 Å². The fraction of sp³-hybridized carbons (Fsp3) is 0.812. The normalized spacial score (nSPS) is 15.6. The van der Waals surface area contributed by atoms with E-state index in [1.165, 1.54) is 0 Å². The Morgan fingerprint density at radius 3 is 2.35 bits per heavy atom. The Morgan fingerprint density at radius 1 is 1.30 bits per heavy atom. The predicted octanol–water partition coefficient (Wildman–Crippen LogP) is 3.18. The Kier molecular flexibility index (Phi) is 6.21. The summed E-state index contributed by atoms with van der Waals surface area (Å²) < 4.78 is 7.66. The van der Waals surface area contributed by atoms with Crippen LogP contribution in [0.2, 0.25) is 0 Å². The highest BCUT2D eigenvalue weighted by Crippen LogP contribution is 2.25. The van der Waals surface area contributed by atoms with Crippen LogP contribution in [0.5, 0.6) is 0 Å². The molecular formula is C16H31N3O. The van der Waals surface area contributed by atoms with Gasteiger partial charge in [0, 0.05) is 25.8 Å². The lowest BCUT2D eigenvalue weighted by molar-refractivity contribution is -0.00187. The van der Waals surface area contributed by atoms with Gasteiger partial charge in [0.1, 0.15) is 0 Å². The predicted molar refractivity (Wildman–Crippen MR) is 83.8 cm³/mol. The minimum Gasteiger partial charge on any atom is -0.379 e. The molecule has 0 radical (unpaired) electrons. The van der Waals surface area contributed by atoms with Gasteiger partial charge in [0.15, 0.2) is 0 Å². The molecule has 116 valence electrons. The summed E-state index contributed by atoms with van der Waals surface area (Å²) in [7, 11) is 1.73. The summed E-state index contributed by atoms with van der Waals surface area (Å²) in [5, 5.41) is 4.67. The van der Waals surface area contributed by atoms with Crippen molar-refractivity contribution in [3.63, 3.8) is 0 Å². The van der Waals surface area contributed by atoms with Crippen molar-refractivity contribution < 1.29 is 4.74 Å². The topological polar surface area (TPSA) is 53.1 Å². The monoisotopic (exact) mass is 281 g/mol. The molecule has 0 aliphatic carbocycles. The highest BCUT2D eigenvalue weighted by Gasteiger charge is 2.30. The lowest BCUT2D eigenvalue weighted by atomic mass is 9.83. The second-order valence-corrected chi connectivity index (χ2v) is 6.65. The first-order valence-corrected chi connectivity index (χ1v) is 7.65. The van der Waals surface area contributed by atoms with Crippen molar-refractivity contribution in [2.24, 2.45) is 11.1 Å². The van der Waals surface area contributed by atoms with Gasteiger partial charge in [-0.25, -0.2) is 0 Å². The van der Waals surface area contributed by atoms with E-state index in [4.69, 9.17) is 10.5 Å². The first-order valence-electron chi connectivity index (χ1n) is 7.65. The molecule has 1 heterocycles. The highest BCUT2D eigenvalue weighted by atomic mass is 16.5. The minimum atomic E-state index is -0.0370. The highest BCUT2D eigenvalue weighted by molar-refractivity contribution is 5.04. The standard InChI is InChI=1S/C16H31N3O/c1-7-13(8-2)19-10-9-12(18-19)11-14(17)15(20-6)16(3,4)5/h9-10,13-15H,7-8,11,17H2,1-6H3. The maximum absolute atomic E-state index is 6.32. The number of hydrogen-bond donors (Lipinski definition) is 1. The zero-order valence-corrected chi connectivity index (χ0v) is 13.9. The Balaban J connectivity index is 2.73. The number of nitrogens with two attached hydrogens (primary N) is 1. The van der Waals surface area contributed by atoms with E-state index in [1.807, 2.05) is 0 Å². The van der Waals surface area contributed by atoms with Crippen LogP contribution >= 0.6 is 0 Å². The van der Waals surface area contributed by atoms with Gasteiger partial charge in [0.25, 0.3) is 0 Å². The quantitative estimate of drug-likeness (QED) is 0.835. The first-order chi connectivity index (χ1) is 9.33. The maximum atomic E-state index is 6.32. The lowest BCUT2D eigenvalue weighted by Crippen LogP contribution is -2.46. The summed E-state index contributed by atoms with van der Waals surface area (Å²) in [4.78, 5) is 0. The van der Waals surface area contributed by atoms with Crippen LogP contribution < -0.4 is 5.73 Å². The zero-order chi connectivity index (χ0) is 15.3. The third-order valence-electron chi connectivity index (χ3n) is 3.92. The number of ether oxygens (including phenoxy) is 1. The summed E-state index contributed by atoms with van der Waals surface area (Å²) in [6, 6.07) is 2.53. The van der Waals surface area contributed by atoms with Crippen molar-refractivity contribution >= 4 is 0 Å². The average molecular weight is 281 g/mol. The van der Waals surface area contributed by atoms with E-state index >= 15 is 0 Å². The summed E-state index contributed by atoms with van der Waals surface area (Å²) in [5.41, 5.74) is 7.41. The van der Waals surface area contributed by atoms with Gasteiger partial charge < -0.3 is 10.5 Å². The molecule has 0 fully saturated rings. The lowest BCUT2D eigenvalue weighted by Gasteiger charge is -2.33.